The number of ether oxygens (including phenoxy) is 1. The number of nitrogens with zero attached hydrogens (tertiary/aromatic N) is 3. The van der Waals surface area contributed by atoms with Crippen LogP contribution in [0.1, 0.15) is 28.6 Å². The molecule has 0 aliphatic carbocycles. The lowest BCUT2D eigenvalue weighted by molar-refractivity contribution is 0.179. The number of rotatable bonds is 4. The molecule has 0 bridgehead atoms. The summed E-state index contributed by atoms with van der Waals surface area (Å²) in [6.45, 7) is 4.79. The molecule has 2 aromatic heterocycles. The Morgan fingerprint density at radius 1 is 1.53 bits per heavy atom. The fourth-order valence-electron chi connectivity index (χ4n) is 2.44. The zero-order valence-corrected chi connectivity index (χ0v) is 12.8. The molecule has 3 heterocycles. The van der Waals surface area contributed by atoms with Crippen molar-refractivity contribution in [2.45, 2.75) is 25.9 Å². The molecule has 3 rings (SSSR count). The minimum Gasteiger partial charge on any atom is -0.377 e. The van der Waals surface area contributed by atoms with E-state index in [1.807, 2.05) is 11.3 Å². The van der Waals surface area contributed by atoms with Gasteiger partial charge in [0, 0.05) is 42.5 Å². The van der Waals surface area contributed by atoms with E-state index in [2.05, 4.69) is 32.6 Å². The smallest absolute Gasteiger partial charge is 0.205 e. The topological polar surface area (TPSA) is 38.2 Å². The molecule has 19 heavy (non-hydrogen) atoms. The monoisotopic (exact) mass is 295 g/mol. The van der Waals surface area contributed by atoms with Gasteiger partial charge in [-0.15, -0.1) is 11.3 Å². The first-order valence-corrected chi connectivity index (χ1v) is 8.03. The van der Waals surface area contributed by atoms with Gasteiger partial charge in [-0.1, -0.05) is 0 Å². The summed E-state index contributed by atoms with van der Waals surface area (Å²) >= 11 is 3.32. The lowest BCUT2D eigenvalue weighted by Crippen LogP contribution is -2.18. The molecule has 0 saturated carbocycles. The zero-order valence-electron chi connectivity index (χ0n) is 11.1. The molecule has 1 fully saturated rings. The van der Waals surface area contributed by atoms with Gasteiger partial charge in [0.15, 0.2) is 5.82 Å². The van der Waals surface area contributed by atoms with Crippen LogP contribution in [0.25, 0.3) is 0 Å². The Kier molecular flexibility index (Phi) is 3.81. The van der Waals surface area contributed by atoms with Crippen molar-refractivity contribution in [2.75, 3.05) is 25.1 Å². The fourth-order valence-corrected chi connectivity index (χ4v) is 3.94. The number of aryl methyl sites for hydroxylation is 1. The standard InChI is InChI=1S/C13H17N3OS2/c1-9-5-11(8-18-9)10-3-4-16(6-10)13-14-12(7-17-2)15-19-13/h5,8,10H,3-4,6-7H2,1-2H3/t10-/m0/s1. The third kappa shape index (κ3) is 2.80. The third-order valence-corrected chi connectivity index (χ3v) is 5.11. The first-order chi connectivity index (χ1) is 9.26. The maximum absolute atomic E-state index is 5.06. The van der Waals surface area contributed by atoms with Gasteiger partial charge in [-0.05, 0) is 30.4 Å². The molecular formula is C13H17N3OS2. The van der Waals surface area contributed by atoms with Gasteiger partial charge in [0.25, 0.3) is 0 Å². The molecule has 0 aromatic carbocycles. The van der Waals surface area contributed by atoms with Crippen molar-refractivity contribution in [3.63, 3.8) is 0 Å². The van der Waals surface area contributed by atoms with E-state index in [4.69, 9.17) is 4.74 Å². The maximum atomic E-state index is 5.06. The Morgan fingerprint density at radius 3 is 3.16 bits per heavy atom. The summed E-state index contributed by atoms with van der Waals surface area (Å²) in [6.07, 6.45) is 1.20. The Labute approximate surface area is 121 Å². The van der Waals surface area contributed by atoms with Crippen molar-refractivity contribution in [3.8, 4) is 0 Å². The third-order valence-electron chi connectivity index (χ3n) is 3.41. The van der Waals surface area contributed by atoms with E-state index < -0.39 is 0 Å². The highest BCUT2D eigenvalue weighted by molar-refractivity contribution is 7.10. The van der Waals surface area contributed by atoms with E-state index in [9.17, 15) is 0 Å². The van der Waals surface area contributed by atoms with Gasteiger partial charge in [-0.3, -0.25) is 0 Å². The molecule has 0 spiro atoms. The summed E-state index contributed by atoms with van der Waals surface area (Å²) in [5.41, 5.74) is 1.48. The molecule has 0 N–H and O–H groups in total. The van der Waals surface area contributed by atoms with Crippen LogP contribution in [0.15, 0.2) is 11.4 Å². The van der Waals surface area contributed by atoms with Gasteiger partial charge in [0.1, 0.15) is 6.61 Å². The van der Waals surface area contributed by atoms with E-state index in [1.54, 1.807) is 7.11 Å². The van der Waals surface area contributed by atoms with Crippen LogP contribution in [0.3, 0.4) is 0 Å². The number of hydrogen-bond acceptors (Lipinski definition) is 6. The van der Waals surface area contributed by atoms with Crippen molar-refractivity contribution < 1.29 is 4.74 Å². The van der Waals surface area contributed by atoms with Gasteiger partial charge in [0.05, 0.1) is 0 Å². The number of aromatic nitrogens is 2. The average molecular weight is 295 g/mol. The summed E-state index contributed by atoms with van der Waals surface area (Å²) < 4.78 is 9.38. The van der Waals surface area contributed by atoms with Crippen LogP contribution in [0.2, 0.25) is 0 Å². The summed E-state index contributed by atoms with van der Waals surface area (Å²) in [6, 6.07) is 2.31. The molecule has 1 aliphatic heterocycles. The average Bonchev–Trinajstić information content (AvgIpc) is 3.07. The normalized spacial score (nSPS) is 19.3. The molecule has 4 nitrogen and oxygen atoms in total. The maximum Gasteiger partial charge on any atom is 0.205 e. The van der Waals surface area contributed by atoms with Gasteiger partial charge in [-0.2, -0.15) is 4.37 Å². The highest BCUT2D eigenvalue weighted by atomic mass is 32.1. The second-order valence-electron chi connectivity index (χ2n) is 4.85. The largest absolute Gasteiger partial charge is 0.377 e. The Balaban J connectivity index is 1.67. The molecular weight excluding hydrogens is 278 g/mol. The highest BCUT2D eigenvalue weighted by Crippen LogP contribution is 2.33. The summed E-state index contributed by atoms with van der Waals surface area (Å²) in [5.74, 6) is 1.43. The van der Waals surface area contributed by atoms with Crippen LogP contribution in [0, 0.1) is 6.92 Å². The first kappa shape index (κ1) is 13.0. The Bertz CT molecular complexity index is 552. The van der Waals surface area contributed by atoms with E-state index in [-0.39, 0.29) is 0 Å². The predicted octanol–water partition coefficient (Wildman–Crippen LogP) is 3.05. The van der Waals surface area contributed by atoms with E-state index >= 15 is 0 Å². The zero-order chi connectivity index (χ0) is 13.2. The molecule has 0 radical (unpaired) electrons. The van der Waals surface area contributed by atoms with Crippen molar-refractivity contribution in [1.29, 1.82) is 0 Å². The van der Waals surface area contributed by atoms with Crippen LogP contribution in [0.5, 0.6) is 0 Å². The molecule has 1 aliphatic rings. The lowest BCUT2D eigenvalue weighted by Gasteiger charge is -2.13. The van der Waals surface area contributed by atoms with Gasteiger partial charge < -0.3 is 9.64 Å². The van der Waals surface area contributed by atoms with Crippen LogP contribution in [0.4, 0.5) is 5.13 Å². The summed E-state index contributed by atoms with van der Waals surface area (Å²) in [7, 11) is 1.67. The predicted molar refractivity (Wildman–Crippen MR) is 79.2 cm³/mol. The van der Waals surface area contributed by atoms with Gasteiger partial charge in [0.2, 0.25) is 5.13 Å². The van der Waals surface area contributed by atoms with Gasteiger partial charge in [-0.25, -0.2) is 4.98 Å². The minimum absolute atomic E-state index is 0.498. The van der Waals surface area contributed by atoms with Crippen LogP contribution in [-0.2, 0) is 11.3 Å². The van der Waals surface area contributed by atoms with Crippen LogP contribution < -0.4 is 4.90 Å². The van der Waals surface area contributed by atoms with E-state index in [1.165, 1.54) is 28.4 Å². The van der Waals surface area contributed by atoms with Crippen molar-refractivity contribution in [2.24, 2.45) is 0 Å². The lowest BCUT2D eigenvalue weighted by atomic mass is 10.0. The van der Waals surface area contributed by atoms with Crippen molar-refractivity contribution in [3.05, 3.63) is 27.7 Å². The number of hydrogen-bond donors (Lipinski definition) is 0. The fraction of sp³-hybridized carbons (Fsp3) is 0.538. The van der Waals surface area contributed by atoms with Gasteiger partial charge >= 0.3 is 0 Å². The molecule has 102 valence electrons. The Morgan fingerprint density at radius 2 is 2.42 bits per heavy atom. The van der Waals surface area contributed by atoms with Crippen molar-refractivity contribution in [1.82, 2.24) is 9.36 Å². The quantitative estimate of drug-likeness (QED) is 0.869. The minimum atomic E-state index is 0.498. The summed E-state index contributed by atoms with van der Waals surface area (Å²) in [5, 5.41) is 3.32. The Hall–Kier alpha value is -0.980. The number of thiophene rings is 1. The summed E-state index contributed by atoms with van der Waals surface area (Å²) in [4.78, 5) is 8.26. The van der Waals surface area contributed by atoms with Crippen LogP contribution in [-0.4, -0.2) is 29.6 Å². The molecule has 1 atom stereocenters. The number of methoxy groups -OCH3 is 1. The molecule has 1 saturated heterocycles. The second kappa shape index (κ2) is 5.56. The van der Waals surface area contributed by atoms with E-state index in [0.717, 1.165) is 24.0 Å². The van der Waals surface area contributed by atoms with E-state index in [0.29, 0.717) is 12.5 Å². The molecule has 2 aromatic rings. The van der Waals surface area contributed by atoms with Crippen LogP contribution >= 0.6 is 22.9 Å². The van der Waals surface area contributed by atoms with Crippen molar-refractivity contribution >= 4 is 28.0 Å². The molecule has 0 unspecified atom stereocenters. The first-order valence-electron chi connectivity index (χ1n) is 6.38. The number of anilines is 1. The molecule has 0 amide bonds. The second-order valence-corrected chi connectivity index (χ2v) is 6.69. The SMILES string of the molecule is COCc1nsc(N2CC[C@H](c3csc(C)c3)C2)n1. The highest BCUT2D eigenvalue weighted by Gasteiger charge is 2.26. The molecule has 6 heteroatoms.